The van der Waals surface area contributed by atoms with Gasteiger partial charge in [0.2, 0.25) is 0 Å². The molecule has 0 aromatic heterocycles. The molecule has 0 saturated carbocycles. The van der Waals surface area contributed by atoms with E-state index in [-0.39, 0.29) is 19.8 Å². The lowest BCUT2D eigenvalue weighted by molar-refractivity contribution is -0.485. The highest BCUT2D eigenvalue weighted by Gasteiger charge is 1.90. The van der Waals surface area contributed by atoms with E-state index in [0.717, 1.165) is 0 Å². The van der Waals surface area contributed by atoms with Crippen LogP contribution in [-0.4, -0.2) is 29.9 Å². The molecule has 0 heterocycles. The summed E-state index contributed by atoms with van der Waals surface area (Å²) in [4.78, 5) is 9.05. The third-order valence-electron chi connectivity index (χ3n) is 0.529. The second kappa shape index (κ2) is 4.48. The van der Waals surface area contributed by atoms with Gasteiger partial charge in [0.25, 0.3) is 6.67 Å². The Kier molecular flexibility index (Phi) is 4.10. The maximum Gasteiger partial charge on any atom is 0.256 e. The first-order valence-corrected chi connectivity index (χ1v) is 2.20. The largest absolute Gasteiger partial charge is 0.395 e. The van der Waals surface area contributed by atoms with E-state index in [1.165, 1.54) is 0 Å². The molecule has 0 radical (unpaired) electrons. The molecule has 0 bridgehead atoms. The van der Waals surface area contributed by atoms with E-state index in [1.54, 1.807) is 0 Å². The Bertz CT molecular complexity index is 74.9. The molecule has 0 fully saturated rings. The second-order valence-electron chi connectivity index (χ2n) is 1.21. The Hall–Kier alpha value is -0.680. The van der Waals surface area contributed by atoms with Crippen LogP contribution >= 0.6 is 0 Å². The van der Waals surface area contributed by atoms with Crippen molar-refractivity contribution in [3.05, 3.63) is 10.1 Å². The normalized spacial score (nSPS) is 9.12. The number of nitro groups is 1. The van der Waals surface area contributed by atoms with Gasteiger partial charge in [0.05, 0.1) is 6.61 Å². The Morgan fingerprint density at radius 1 is 1.75 bits per heavy atom. The average Bonchev–Trinajstić information content (AvgIpc) is 1.66. The molecule has 0 unspecified atom stereocenters. The van der Waals surface area contributed by atoms with Gasteiger partial charge in [0.1, 0.15) is 0 Å². The summed E-state index contributed by atoms with van der Waals surface area (Å²) in [6.07, 6.45) is 0. The van der Waals surface area contributed by atoms with Crippen molar-refractivity contribution >= 4 is 0 Å². The molecule has 0 rings (SSSR count). The zero-order chi connectivity index (χ0) is 6.41. The van der Waals surface area contributed by atoms with Crippen molar-refractivity contribution in [2.75, 3.05) is 19.8 Å². The van der Waals surface area contributed by atoms with Crippen molar-refractivity contribution in [1.82, 2.24) is 5.32 Å². The molecule has 0 saturated heterocycles. The van der Waals surface area contributed by atoms with E-state index in [4.69, 9.17) is 5.11 Å². The summed E-state index contributed by atoms with van der Waals surface area (Å²) in [5.74, 6) is 0. The van der Waals surface area contributed by atoms with Crippen LogP contribution in [-0.2, 0) is 0 Å². The van der Waals surface area contributed by atoms with Crippen molar-refractivity contribution in [3.63, 3.8) is 0 Å². The molecule has 0 aliphatic carbocycles. The molecule has 2 N–H and O–H groups in total. The van der Waals surface area contributed by atoms with E-state index in [0.29, 0.717) is 0 Å². The number of aliphatic hydroxyl groups excluding tert-OH is 1. The van der Waals surface area contributed by atoms with Gasteiger partial charge in [-0.2, -0.15) is 0 Å². The lowest BCUT2D eigenvalue weighted by Gasteiger charge is -1.92. The standard InChI is InChI=1S/C3H8N2O3/c6-2-1-4-3-5(7)8/h4,6H,1-3H2. The highest BCUT2D eigenvalue weighted by molar-refractivity contribution is 4.32. The summed E-state index contributed by atoms with van der Waals surface area (Å²) < 4.78 is 0. The maximum atomic E-state index is 9.54. The van der Waals surface area contributed by atoms with Gasteiger partial charge >= 0.3 is 0 Å². The van der Waals surface area contributed by atoms with Crippen LogP contribution in [0.2, 0.25) is 0 Å². The van der Waals surface area contributed by atoms with Crippen LogP contribution in [0.4, 0.5) is 0 Å². The van der Waals surface area contributed by atoms with E-state index in [9.17, 15) is 10.1 Å². The molecule has 0 amide bonds. The fourth-order valence-corrected chi connectivity index (χ4v) is 0.249. The van der Waals surface area contributed by atoms with Crippen LogP contribution in [0.3, 0.4) is 0 Å². The van der Waals surface area contributed by atoms with Crippen LogP contribution in [0.25, 0.3) is 0 Å². The number of rotatable bonds is 4. The highest BCUT2D eigenvalue weighted by Crippen LogP contribution is 1.60. The lowest BCUT2D eigenvalue weighted by atomic mass is 10.7. The predicted octanol–water partition coefficient (Wildman–Crippen LogP) is -1.20. The van der Waals surface area contributed by atoms with Crippen LogP contribution in [0, 0.1) is 10.1 Å². The second-order valence-corrected chi connectivity index (χ2v) is 1.21. The zero-order valence-electron chi connectivity index (χ0n) is 4.33. The predicted molar refractivity (Wildman–Crippen MR) is 26.9 cm³/mol. The van der Waals surface area contributed by atoms with Gasteiger partial charge in [0.15, 0.2) is 0 Å². The molecule has 0 spiro atoms. The number of nitrogens with one attached hydrogen (secondary N) is 1. The summed E-state index contributed by atoms with van der Waals surface area (Å²) >= 11 is 0. The zero-order valence-corrected chi connectivity index (χ0v) is 4.33. The Morgan fingerprint density at radius 2 is 2.38 bits per heavy atom. The first kappa shape index (κ1) is 7.32. The van der Waals surface area contributed by atoms with Crippen LogP contribution in [0.1, 0.15) is 0 Å². The van der Waals surface area contributed by atoms with Crippen molar-refractivity contribution in [3.8, 4) is 0 Å². The summed E-state index contributed by atoms with van der Waals surface area (Å²) in [6, 6.07) is 0. The van der Waals surface area contributed by atoms with Gasteiger partial charge in [-0.1, -0.05) is 0 Å². The van der Waals surface area contributed by atoms with Gasteiger partial charge in [-0.05, 0) is 0 Å². The molecule has 8 heavy (non-hydrogen) atoms. The van der Waals surface area contributed by atoms with Gasteiger partial charge < -0.3 is 5.11 Å². The van der Waals surface area contributed by atoms with Gasteiger partial charge in [-0.15, -0.1) is 0 Å². The number of hydrogen-bond acceptors (Lipinski definition) is 4. The van der Waals surface area contributed by atoms with Crippen molar-refractivity contribution in [2.24, 2.45) is 0 Å². The van der Waals surface area contributed by atoms with Crippen LogP contribution < -0.4 is 5.32 Å². The highest BCUT2D eigenvalue weighted by atomic mass is 16.6. The van der Waals surface area contributed by atoms with Crippen LogP contribution in [0.5, 0.6) is 0 Å². The number of hydrogen-bond donors (Lipinski definition) is 2. The molecule has 5 nitrogen and oxygen atoms in total. The molecule has 0 aliphatic rings. The molecule has 0 aromatic rings. The number of aliphatic hydroxyl groups is 1. The molecule has 48 valence electrons. The minimum atomic E-state index is -0.490. The Balaban J connectivity index is 2.82. The first-order valence-electron chi connectivity index (χ1n) is 2.20. The SMILES string of the molecule is O=[N+]([O-])CNCCO. The van der Waals surface area contributed by atoms with E-state index in [1.807, 2.05) is 0 Å². The summed E-state index contributed by atoms with van der Waals surface area (Å²) in [6.45, 7) is -0.0601. The maximum absolute atomic E-state index is 9.54. The fraction of sp³-hybridized carbons (Fsp3) is 1.00. The molecular formula is C3H8N2O3. The quantitative estimate of drug-likeness (QED) is 0.211. The fourth-order valence-electron chi connectivity index (χ4n) is 0.249. The Labute approximate surface area is 46.5 Å². The van der Waals surface area contributed by atoms with Crippen LogP contribution in [0.15, 0.2) is 0 Å². The molecule has 0 aliphatic heterocycles. The van der Waals surface area contributed by atoms with Gasteiger partial charge in [-0.25, -0.2) is 0 Å². The number of nitrogens with zero attached hydrogens (tertiary/aromatic N) is 1. The monoisotopic (exact) mass is 120 g/mol. The average molecular weight is 120 g/mol. The third-order valence-corrected chi connectivity index (χ3v) is 0.529. The first-order chi connectivity index (χ1) is 3.77. The van der Waals surface area contributed by atoms with Gasteiger partial charge in [0, 0.05) is 11.5 Å². The molecule has 0 aromatic carbocycles. The lowest BCUT2D eigenvalue weighted by Crippen LogP contribution is -2.24. The minimum absolute atomic E-state index is 0.0617. The van der Waals surface area contributed by atoms with E-state index >= 15 is 0 Å². The molecule has 0 atom stereocenters. The van der Waals surface area contributed by atoms with E-state index < -0.39 is 4.92 Å². The van der Waals surface area contributed by atoms with Crippen molar-refractivity contribution < 1.29 is 10.0 Å². The molecule has 5 heteroatoms. The van der Waals surface area contributed by atoms with Crippen molar-refractivity contribution in [1.29, 1.82) is 0 Å². The Morgan fingerprint density at radius 3 is 2.75 bits per heavy atom. The topological polar surface area (TPSA) is 75.4 Å². The summed E-state index contributed by atoms with van der Waals surface area (Å²) in [7, 11) is 0. The smallest absolute Gasteiger partial charge is 0.256 e. The van der Waals surface area contributed by atoms with Gasteiger partial charge in [-0.3, -0.25) is 15.4 Å². The van der Waals surface area contributed by atoms with Crippen molar-refractivity contribution in [2.45, 2.75) is 0 Å². The minimum Gasteiger partial charge on any atom is -0.395 e. The molecular weight excluding hydrogens is 112 g/mol. The van der Waals surface area contributed by atoms with E-state index in [2.05, 4.69) is 5.32 Å². The third kappa shape index (κ3) is 5.32. The summed E-state index contributed by atoms with van der Waals surface area (Å²) in [5.41, 5.74) is 0. The summed E-state index contributed by atoms with van der Waals surface area (Å²) in [5, 5.41) is 20.0.